The van der Waals surface area contributed by atoms with Crippen LogP contribution in [0.25, 0.3) is 16.7 Å². The summed E-state index contributed by atoms with van der Waals surface area (Å²) in [4.78, 5) is 7.08. The van der Waals surface area contributed by atoms with E-state index >= 15 is 0 Å². The number of rotatable bonds is 2. The Hall–Kier alpha value is -3.52. The van der Waals surface area contributed by atoms with Gasteiger partial charge in [0, 0.05) is 12.2 Å². The third-order valence-corrected chi connectivity index (χ3v) is 5.43. The minimum absolute atomic E-state index is 0.668. The Labute approximate surface area is 157 Å². The van der Waals surface area contributed by atoms with Crippen molar-refractivity contribution < 1.29 is 4.74 Å². The van der Waals surface area contributed by atoms with Crippen LogP contribution in [0, 0.1) is 18.3 Å². The van der Waals surface area contributed by atoms with Gasteiger partial charge in [0.05, 0.1) is 23.7 Å². The highest BCUT2D eigenvalue weighted by atomic mass is 16.5. The Balaban J connectivity index is 1.85. The Bertz CT molecular complexity index is 1230. The molecular weight excluding hydrogens is 336 g/mol. The van der Waals surface area contributed by atoms with Crippen LogP contribution in [0.4, 0.5) is 11.5 Å². The first-order valence-electron chi connectivity index (χ1n) is 8.97. The van der Waals surface area contributed by atoms with Crippen molar-refractivity contribution in [2.75, 3.05) is 18.6 Å². The Morgan fingerprint density at radius 2 is 1.89 bits per heavy atom. The topological polar surface area (TPSA) is 53.6 Å². The number of ether oxygens (including phenoxy) is 1. The second-order valence-corrected chi connectivity index (χ2v) is 6.77. The number of pyridine rings is 1. The molecule has 0 saturated carbocycles. The summed E-state index contributed by atoms with van der Waals surface area (Å²) in [5.41, 5.74) is 6.70. The number of methoxy groups -OCH3 is 1. The van der Waals surface area contributed by atoms with Gasteiger partial charge < -0.3 is 9.64 Å². The second kappa shape index (κ2) is 5.75. The van der Waals surface area contributed by atoms with Crippen LogP contribution < -0.4 is 9.64 Å². The molecule has 0 N–H and O–H groups in total. The first-order valence-corrected chi connectivity index (χ1v) is 8.97. The van der Waals surface area contributed by atoms with Gasteiger partial charge in [-0.15, -0.1) is 0 Å². The smallest absolute Gasteiger partial charge is 0.157 e. The maximum Gasteiger partial charge on any atom is 0.157 e. The average molecular weight is 354 g/mol. The van der Waals surface area contributed by atoms with Gasteiger partial charge in [-0.25, -0.2) is 4.98 Å². The molecule has 0 atom stereocenters. The van der Waals surface area contributed by atoms with Gasteiger partial charge >= 0.3 is 0 Å². The van der Waals surface area contributed by atoms with Crippen molar-refractivity contribution in [2.45, 2.75) is 13.3 Å². The van der Waals surface area contributed by atoms with Crippen molar-refractivity contribution in [1.82, 2.24) is 9.38 Å². The fourth-order valence-electron chi connectivity index (χ4n) is 4.09. The highest BCUT2D eigenvalue weighted by Gasteiger charge is 2.29. The van der Waals surface area contributed by atoms with Crippen molar-refractivity contribution >= 4 is 28.2 Å². The first-order chi connectivity index (χ1) is 13.2. The number of hydrogen-bond donors (Lipinski definition) is 0. The number of aromatic nitrogens is 2. The van der Waals surface area contributed by atoms with Gasteiger partial charge in [0.2, 0.25) is 0 Å². The summed E-state index contributed by atoms with van der Waals surface area (Å²) in [5.74, 6) is 1.95. The number of benzene rings is 2. The molecule has 27 heavy (non-hydrogen) atoms. The summed E-state index contributed by atoms with van der Waals surface area (Å²) < 4.78 is 7.44. The van der Waals surface area contributed by atoms with E-state index in [1.165, 1.54) is 5.56 Å². The van der Waals surface area contributed by atoms with Crippen molar-refractivity contribution in [3.05, 3.63) is 65.2 Å². The summed E-state index contributed by atoms with van der Waals surface area (Å²) in [6.45, 7) is 2.91. The van der Waals surface area contributed by atoms with Crippen LogP contribution in [0.5, 0.6) is 5.75 Å². The SMILES string of the molecule is COc1ccc(N2CCc3c(C)c(C#N)c4nc5ccccc5n4c32)cc1. The zero-order valence-corrected chi connectivity index (χ0v) is 15.2. The van der Waals surface area contributed by atoms with Crippen molar-refractivity contribution in [3.8, 4) is 11.8 Å². The third-order valence-electron chi connectivity index (χ3n) is 5.43. The molecular formula is C22H18N4O. The molecule has 0 saturated heterocycles. The molecule has 3 heterocycles. The van der Waals surface area contributed by atoms with E-state index in [9.17, 15) is 5.26 Å². The summed E-state index contributed by atoms with van der Waals surface area (Å²) in [7, 11) is 1.67. The zero-order chi connectivity index (χ0) is 18.5. The molecule has 0 bridgehead atoms. The molecule has 0 amide bonds. The molecule has 0 fully saturated rings. The van der Waals surface area contributed by atoms with Crippen LogP contribution in [0.15, 0.2) is 48.5 Å². The van der Waals surface area contributed by atoms with Crippen LogP contribution >= 0.6 is 0 Å². The Morgan fingerprint density at radius 3 is 2.63 bits per heavy atom. The number of para-hydroxylation sites is 2. The van der Waals surface area contributed by atoms with E-state index in [-0.39, 0.29) is 0 Å². The molecule has 2 aromatic heterocycles. The predicted octanol–water partition coefficient (Wildman–Crippen LogP) is 4.37. The maximum absolute atomic E-state index is 9.78. The van der Waals surface area contributed by atoms with Crippen molar-refractivity contribution in [2.24, 2.45) is 0 Å². The van der Waals surface area contributed by atoms with E-state index in [4.69, 9.17) is 9.72 Å². The molecule has 0 radical (unpaired) electrons. The summed E-state index contributed by atoms with van der Waals surface area (Å²) >= 11 is 0. The lowest BCUT2D eigenvalue weighted by atomic mass is 10.0. The quantitative estimate of drug-likeness (QED) is 0.536. The predicted molar refractivity (Wildman–Crippen MR) is 106 cm³/mol. The normalized spacial score (nSPS) is 13.1. The largest absolute Gasteiger partial charge is 0.497 e. The highest BCUT2D eigenvalue weighted by molar-refractivity contribution is 5.88. The monoisotopic (exact) mass is 354 g/mol. The zero-order valence-electron chi connectivity index (χ0n) is 15.2. The van der Waals surface area contributed by atoms with Crippen LogP contribution in [0.2, 0.25) is 0 Å². The van der Waals surface area contributed by atoms with E-state index < -0.39 is 0 Å². The van der Waals surface area contributed by atoms with E-state index in [1.54, 1.807) is 7.11 Å². The number of imidazole rings is 1. The van der Waals surface area contributed by atoms with Gasteiger partial charge in [-0.3, -0.25) is 4.40 Å². The Morgan fingerprint density at radius 1 is 1.11 bits per heavy atom. The molecule has 5 rings (SSSR count). The fraction of sp³-hybridized carbons (Fsp3) is 0.182. The summed E-state index contributed by atoms with van der Waals surface area (Å²) in [6, 6.07) is 18.6. The average Bonchev–Trinajstić information content (AvgIpc) is 3.30. The van der Waals surface area contributed by atoms with E-state index in [0.717, 1.165) is 52.5 Å². The number of fused-ring (bicyclic) bond motifs is 5. The molecule has 4 aromatic rings. The van der Waals surface area contributed by atoms with Crippen LogP contribution in [-0.4, -0.2) is 23.0 Å². The summed E-state index contributed by atoms with van der Waals surface area (Å²) in [6.07, 6.45) is 0.907. The van der Waals surface area contributed by atoms with E-state index in [0.29, 0.717) is 5.56 Å². The van der Waals surface area contributed by atoms with Gasteiger partial charge in [0.15, 0.2) is 5.65 Å². The molecule has 2 aromatic carbocycles. The van der Waals surface area contributed by atoms with Gasteiger partial charge in [0.1, 0.15) is 17.6 Å². The lowest BCUT2D eigenvalue weighted by molar-refractivity contribution is 0.415. The number of anilines is 2. The lowest BCUT2D eigenvalue weighted by Crippen LogP contribution is -2.16. The van der Waals surface area contributed by atoms with Gasteiger partial charge in [0.25, 0.3) is 0 Å². The van der Waals surface area contributed by atoms with Crippen LogP contribution in [0.3, 0.4) is 0 Å². The molecule has 5 nitrogen and oxygen atoms in total. The molecule has 1 aliphatic heterocycles. The Kier molecular flexibility index (Phi) is 3.34. The van der Waals surface area contributed by atoms with Crippen LogP contribution in [0.1, 0.15) is 16.7 Å². The molecule has 1 aliphatic rings. The lowest BCUT2D eigenvalue weighted by Gasteiger charge is -2.22. The van der Waals surface area contributed by atoms with Gasteiger partial charge in [-0.1, -0.05) is 12.1 Å². The van der Waals surface area contributed by atoms with E-state index in [1.807, 2.05) is 37.3 Å². The number of nitriles is 1. The van der Waals surface area contributed by atoms with Crippen molar-refractivity contribution in [3.63, 3.8) is 0 Å². The highest BCUT2D eigenvalue weighted by Crippen LogP contribution is 2.40. The van der Waals surface area contributed by atoms with Gasteiger partial charge in [-0.2, -0.15) is 5.26 Å². The third kappa shape index (κ3) is 2.13. The first kappa shape index (κ1) is 15.7. The number of hydrogen-bond acceptors (Lipinski definition) is 4. The fourth-order valence-corrected chi connectivity index (χ4v) is 4.09. The standard InChI is InChI=1S/C22H18N4O/c1-14-17-11-12-25(15-7-9-16(27-2)10-8-15)22(17)26-20-6-4-3-5-19(20)24-21(26)18(14)13-23/h3-10H,11-12H2,1-2H3. The maximum atomic E-state index is 9.78. The second-order valence-electron chi connectivity index (χ2n) is 6.77. The molecule has 5 heteroatoms. The summed E-state index contributed by atoms with van der Waals surface area (Å²) in [5, 5.41) is 9.78. The molecule has 0 unspecified atom stereocenters. The van der Waals surface area contributed by atoms with E-state index in [2.05, 4.69) is 33.6 Å². The number of nitrogens with zero attached hydrogens (tertiary/aromatic N) is 4. The molecule has 132 valence electrons. The minimum atomic E-state index is 0.668. The van der Waals surface area contributed by atoms with Crippen LogP contribution in [-0.2, 0) is 6.42 Å². The minimum Gasteiger partial charge on any atom is -0.497 e. The van der Waals surface area contributed by atoms with Crippen molar-refractivity contribution in [1.29, 1.82) is 5.26 Å². The molecule has 0 spiro atoms. The van der Waals surface area contributed by atoms with Gasteiger partial charge in [-0.05, 0) is 60.9 Å². The molecule has 0 aliphatic carbocycles.